The van der Waals surface area contributed by atoms with Crippen LogP contribution in [-0.4, -0.2) is 29.3 Å². The van der Waals surface area contributed by atoms with E-state index in [0.29, 0.717) is 23.5 Å². The number of esters is 1. The topological polar surface area (TPSA) is 62.5 Å². The van der Waals surface area contributed by atoms with Crippen molar-refractivity contribution in [2.24, 2.45) is 18.9 Å². The summed E-state index contributed by atoms with van der Waals surface area (Å²) in [6, 6.07) is 2.91. The fourth-order valence-electron chi connectivity index (χ4n) is 3.74. The van der Waals surface area contributed by atoms with Crippen LogP contribution in [0.25, 0.3) is 11.0 Å². The zero-order valence-corrected chi connectivity index (χ0v) is 14.8. The third-order valence-electron chi connectivity index (χ3n) is 5.24. The average Bonchev–Trinajstić information content (AvgIpc) is 2.85. The minimum Gasteiger partial charge on any atom is -0.494 e. The molecule has 3 rings (SSSR count). The van der Waals surface area contributed by atoms with E-state index >= 15 is 0 Å². The van der Waals surface area contributed by atoms with Crippen LogP contribution in [0.2, 0.25) is 0 Å². The standard InChI is InChI=1S/C18H23FN2O4/c1-20-14-8-13(19)16(24-2)9-15(14)21(18(20)23)10-11-4-6-12(7-5-11)17(22)25-3/h8-9,11-12H,4-7,10H2,1-3H3/t11-,12-. The van der Waals surface area contributed by atoms with Gasteiger partial charge in [-0.1, -0.05) is 0 Å². The van der Waals surface area contributed by atoms with Gasteiger partial charge in [-0.2, -0.15) is 0 Å². The van der Waals surface area contributed by atoms with Gasteiger partial charge >= 0.3 is 11.7 Å². The Morgan fingerprint density at radius 3 is 2.48 bits per heavy atom. The van der Waals surface area contributed by atoms with E-state index in [1.807, 2.05) is 0 Å². The maximum absolute atomic E-state index is 14.0. The largest absolute Gasteiger partial charge is 0.494 e. The lowest BCUT2D eigenvalue weighted by Gasteiger charge is -2.27. The highest BCUT2D eigenvalue weighted by Gasteiger charge is 2.28. The molecule has 0 amide bonds. The number of carbonyl (C=O) groups excluding carboxylic acids is 1. The summed E-state index contributed by atoms with van der Waals surface area (Å²) in [5.74, 6) is -0.247. The van der Waals surface area contributed by atoms with Crippen LogP contribution >= 0.6 is 0 Å². The van der Waals surface area contributed by atoms with Crippen molar-refractivity contribution in [3.63, 3.8) is 0 Å². The maximum atomic E-state index is 14.0. The molecule has 2 aromatic rings. The minimum atomic E-state index is -0.485. The molecule has 1 heterocycles. The number of benzene rings is 1. The molecule has 1 aromatic heterocycles. The smallest absolute Gasteiger partial charge is 0.328 e. The first-order valence-corrected chi connectivity index (χ1v) is 8.46. The van der Waals surface area contributed by atoms with E-state index in [9.17, 15) is 14.0 Å². The molecule has 136 valence electrons. The molecule has 0 spiro atoms. The number of methoxy groups -OCH3 is 2. The quantitative estimate of drug-likeness (QED) is 0.795. The average molecular weight is 350 g/mol. The number of imidazole rings is 1. The van der Waals surface area contributed by atoms with Crippen molar-refractivity contribution in [2.75, 3.05) is 14.2 Å². The predicted molar refractivity (Wildman–Crippen MR) is 91.2 cm³/mol. The highest BCUT2D eigenvalue weighted by atomic mass is 19.1. The van der Waals surface area contributed by atoms with Gasteiger partial charge in [0.1, 0.15) is 0 Å². The van der Waals surface area contributed by atoms with Gasteiger partial charge in [0, 0.05) is 25.7 Å². The number of fused-ring (bicyclic) bond motifs is 1. The fraction of sp³-hybridized carbons (Fsp3) is 0.556. The Kier molecular flexibility index (Phi) is 4.83. The molecular weight excluding hydrogens is 327 g/mol. The van der Waals surface area contributed by atoms with Crippen molar-refractivity contribution in [1.29, 1.82) is 0 Å². The molecule has 0 N–H and O–H groups in total. The first kappa shape index (κ1) is 17.5. The summed E-state index contributed by atoms with van der Waals surface area (Å²) < 4.78 is 27.0. The second-order valence-corrected chi connectivity index (χ2v) is 6.67. The lowest BCUT2D eigenvalue weighted by atomic mass is 9.82. The van der Waals surface area contributed by atoms with E-state index in [0.717, 1.165) is 25.7 Å². The number of aryl methyl sites for hydroxylation is 1. The van der Waals surface area contributed by atoms with Crippen LogP contribution < -0.4 is 10.4 Å². The number of aromatic nitrogens is 2. The lowest BCUT2D eigenvalue weighted by molar-refractivity contribution is -0.146. The Labute approximate surface area is 145 Å². The summed E-state index contributed by atoms with van der Waals surface area (Å²) in [6.45, 7) is 0.554. The summed E-state index contributed by atoms with van der Waals surface area (Å²) in [6.07, 6.45) is 3.27. The highest BCUT2D eigenvalue weighted by molar-refractivity contribution is 5.78. The molecule has 7 heteroatoms. The molecule has 1 saturated carbocycles. The third-order valence-corrected chi connectivity index (χ3v) is 5.24. The van der Waals surface area contributed by atoms with Crippen molar-refractivity contribution in [3.8, 4) is 5.75 Å². The normalized spacial score (nSPS) is 20.6. The SMILES string of the molecule is COc1cc2c(cc1F)n(C)c(=O)n2C[C@H]1CC[C@H](C(=O)OC)CC1. The summed E-state index contributed by atoms with van der Waals surface area (Å²) in [5, 5.41) is 0. The first-order chi connectivity index (χ1) is 12.0. The summed E-state index contributed by atoms with van der Waals surface area (Å²) in [7, 11) is 4.46. The molecule has 25 heavy (non-hydrogen) atoms. The van der Waals surface area contributed by atoms with E-state index in [4.69, 9.17) is 9.47 Å². The Balaban J connectivity index is 1.86. The van der Waals surface area contributed by atoms with Gasteiger partial charge in [-0.25, -0.2) is 9.18 Å². The second kappa shape index (κ2) is 6.90. The second-order valence-electron chi connectivity index (χ2n) is 6.67. The van der Waals surface area contributed by atoms with E-state index in [2.05, 4.69) is 0 Å². The van der Waals surface area contributed by atoms with Crippen LogP contribution in [0, 0.1) is 17.7 Å². The van der Waals surface area contributed by atoms with Crippen molar-refractivity contribution >= 4 is 17.0 Å². The lowest BCUT2D eigenvalue weighted by Crippen LogP contribution is -2.29. The fourth-order valence-corrected chi connectivity index (χ4v) is 3.74. The molecule has 0 unspecified atom stereocenters. The zero-order valence-electron chi connectivity index (χ0n) is 14.8. The van der Waals surface area contributed by atoms with E-state index in [1.54, 1.807) is 17.7 Å². The van der Waals surface area contributed by atoms with Crippen molar-refractivity contribution in [1.82, 2.24) is 9.13 Å². The van der Waals surface area contributed by atoms with E-state index in [1.165, 1.54) is 24.9 Å². The van der Waals surface area contributed by atoms with Crippen LogP contribution in [-0.2, 0) is 23.1 Å². The molecule has 0 atom stereocenters. The van der Waals surface area contributed by atoms with Crippen molar-refractivity contribution < 1.29 is 18.7 Å². The Hall–Kier alpha value is -2.31. The van der Waals surface area contributed by atoms with Gasteiger partial charge in [-0.15, -0.1) is 0 Å². The molecule has 0 saturated heterocycles. The molecule has 1 aromatic carbocycles. The number of hydrogen-bond donors (Lipinski definition) is 0. The van der Waals surface area contributed by atoms with Crippen LogP contribution in [0.3, 0.4) is 0 Å². The molecular formula is C18H23FN2O4. The van der Waals surface area contributed by atoms with E-state index in [-0.39, 0.29) is 23.3 Å². The van der Waals surface area contributed by atoms with Crippen molar-refractivity contribution in [2.45, 2.75) is 32.2 Å². The number of hydrogen-bond acceptors (Lipinski definition) is 4. The Bertz CT molecular complexity index is 847. The number of carbonyl (C=O) groups is 1. The van der Waals surface area contributed by atoms with Gasteiger partial charge in [0.05, 0.1) is 31.2 Å². The Morgan fingerprint density at radius 1 is 1.20 bits per heavy atom. The van der Waals surface area contributed by atoms with Crippen LogP contribution in [0.4, 0.5) is 4.39 Å². The van der Waals surface area contributed by atoms with Crippen LogP contribution in [0.1, 0.15) is 25.7 Å². The molecule has 1 aliphatic carbocycles. The molecule has 1 aliphatic rings. The summed E-state index contributed by atoms with van der Waals surface area (Å²) >= 11 is 0. The van der Waals surface area contributed by atoms with Gasteiger partial charge in [0.25, 0.3) is 0 Å². The monoisotopic (exact) mass is 350 g/mol. The minimum absolute atomic E-state index is 0.0420. The van der Waals surface area contributed by atoms with Gasteiger partial charge in [0.2, 0.25) is 0 Å². The molecule has 6 nitrogen and oxygen atoms in total. The van der Waals surface area contributed by atoms with Gasteiger partial charge in [0.15, 0.2) is 11.6 Å². The Morgan fingerprint density at radius 2 is 1.88 bits per heavy atom. The molecule has 0 bridgehead atoms. The highest BCUT2D eigenvalue weighted by Crippen LogP contribution is 2.31. The number of halogens is 1. The summed E-state index contributed by atoms with van der Waals surface area (Å²) in [4.78, 5) is 24.2. The van der Waals surface area contributed by atoms with E-state index < -0.39 is 5.82 Å². The first-order valence-electron chi connectivity index (χ1n) is 8.46. The number of rotatable bonds is 4. The molecule has 0 aliphatic heterocycles. The van der Waals surface area contributed by atoms with Gasteiger partial charge < -0.3 is 9.47 Å². The van der Waals surface area contributed by atoms with Crippen LogP contribution in [0.15, 0.2) is 16.9 Å². The van der Waals surface area contributed by atoms with Gasteiger partial charge in [-0.3, -0.25) is 13.9 Å². The van der Waals surface area contributed by atoms with Crippen molar-refractivity contribution in [3.05, 3.63) is 28.4 Å². The maximum Gasteiger partial charge on any atom is 0.328 e. The van der Waals surface area contributed by atoms with Gasteiger partial charge in [-0.05, 0) is 31.6 Å². The molecule has 1 fully saturated rings. The predicted octanol–water partition coefficient (Wildman–Crippen LogP) is 2.47. The number of ether oxygens (including phenoxy) is 2. The van der Waals surface area contributed by atoms with Crippen LogP contribution in [0.5, 0.6) is 5.75 Å². The summed E-state index contributed by atoms with van der Waals surface area (Å²) in [5.41, 5.74) is 1.05. The number of nitrogens with zero attached hydrogens (tertiary/aromatic N) is 2. The molecule has 0 radical (unpaired) electrons. The zero-order chi connectivity index (χ0) is 18.1. The third kappa shape index (κ3) is 3.15.